The Morgan fingerprint density at radius 3 is 2.53 bits per heavy atom. The van der Waals surface area contributed by atoms with Crippen molar-refractivity contribution >= 4 is 28.8 Å². The highest BCUT2D eigenvalue weighted by Gasteiger charge is 2.21. The van der Waals surface area contributed by atoms with Crippen LogP contribution in [0, 0.1) is 0 Å². The number of carbonyl (C=O) groups excluding carboxylic acids is 2. The van der Waals surface area contributed by atoms with Crippen molar-refractivity contribution in [3.8, 4) is 0 Å². The van der Waals surface area contributed by atoms with Gasteiger partial charge in [-0.2, -0.15) is 0 Å². The predicted octanol–water partition coefficient (Wildman–Crippen LogP) is 3.85. The highest BCUT2D eigenvalue weighted by molar-refractivity contribution is 7.09. The molecule has 1 aromatic heterocycles. The number of ether oxygens (including phenoxy) is 1. The van der Waals surface area contributed by atoms with Crippen LogP contribution in [0.1, 0.15) is 41.9 Å². The number of nitrogens with one attached hydrogen (secondary N) is 1. The number of anilines is 1. The van der Waals surface area contributed by atoms with E-state index in [1.54, 1.807) is 40.5 Å². The standard InChI is InChI=1S/C23H31N3O3S/c1-3-26(4-2)23(28)18-9-11-19(12-10-18)24-22(27)17-25(15-20-7-5-13-29-20)16-21-8-6-14-30-21/h6,8-12,14,20H,3-5,7,13,15-17H2,1-2H3,(H,24,27)/t20-/m1/s1. The fourth-order valence-corrected chi connectivity index (χ4v) is 4.42. The van der Waals surface area contributed by atoms with Gasteiger partial charge in [0.25, 0.3) is 5.91 Å². The van der Waals surface area contributed by atoms with E-state index in [2.05, 4.69) is 21.7 Å². The van der Waals surface area contributed by atoms with Crippen molar-refractivity contribution in [2.45, 2.75) is 39.3 Å². The molecule has 0 bridgehead atoms. The number of thiophene rings is 1. The van der Waals surface area contributed by atoms with E-state index in [0.717, 1.165) is 32.5 Å². The normalized spacial score (nSPS) is 16.0. The Morgan fingerprint density at radius 2 is 1.93 bits per heavy atom. The highest BCUT2D eigenvalue weighted by Crippen LogP contribution is 2.18. The van der Waals surface area contributed by atoms with Crippen LogP contribution in [0.5, 0.6) is 0 Å². The lowest BCUT2D eigenvalue weighted by molar-refractivity contribution is -0.117. The first-order chi connectivity index (χ1) is 14.6. The molecule has 0 aliphatic carbocycles. The minimum Gasteiger partial charge on any atom is -0.377 e. The first kappa shape index (κ1) is 22.5. The zero-order valence-electron chi connectivity index (χ0n) is 17.8. The first-order valence-electron chi connectivity index (χ1n) is 10.6. The van der Waals surface area contributed by atoms with Crippen LogP contribution in [0.25, 0.3) is 0 Å². The molecule has 3 rings (SSSR count). The lowest BCUT2D eigenvalue weighted by Gasteiger charge is -2.24. The van der Waals surface area contributed by atoms with Gasteiger partial charge in [0.05, 0.1) is 12.6 Å². The second-order valence-electron chi connectivity index (χ2n) is 7.49. The Balaban J connectivity index is 1.58. The molecule has 2 amide bonds. The quantitative estimate of drug-likeness (QED) is 0.623. The summed E-state index contributed by atoms with van der Waals surface area (Å²) in [6, 6.07) is 11.2. The van der Waals surface area contributed by atoms with Crippen molar-refractivity contribution in [3.63, 3.8) is 0 Å². The fraction of sp³-hybridized carbons (Fsp3) is 0.478. The molecule has 1 N–H and O–H groups in total. The summed E-state index contributed by atoms with van der Waals surface area (Å²) in [5, 5.41) is 5.01. The molecule has 0 saturated carbocycles. The Hall–Kier alpha value is -2.22. The number of benzene rings is 1. The van der Waals surface area contributed by atoms with Crippen LogP contribution >= 0.6 is 11.3 Å². The lowest BCUT2D eigenvalue weighted by atomic mass is 10.1. The zero-order chi connectivity index (χ0) is 21.3. The van der Waals surface area contributed by atoms with Gasteiger partial charge >= 0.3 is 0 Å². The number of amides is 2. The summed E-state index contributed by atoms with van der Waals surface area (Å²) in [6.07, 6.45) is 2.33. The van der Waals surface area contributed by atoms with E-state index >= 15 is 0 Å². The molecule has 2 heterocycles. The summed E-state index contributed by atoms with van der Waals surface area (Å²) in [5.74, 6) is -0.0519. The Kier molecular flexibility index (Phi) is 8.42. The minimum absolute atomic E-state index is 0.0107. The molecule has 30 heavy (non-hydrogen) atoms. The predicted molar refractivity (Wildman–Crippen MR) is 121 cm³/mol. The van der Waals surface area contributed by atoms with Crippen LogP contribution in [-0.4, -0.2) is 60.5 Å². The van der Waals surface area contributed by atoms with Gasteiger partial charge in [0.1, 0.15) is 0 Å². The molecular formula is C23H31N3O3S. The Labute approximate surface area is 182 Å². The summed E-state index contributed by atoms with van der Waals surface area (Å²) in [6.45, 7) is 7.89. The number of carbonyl (C=O) groups is 2. The second-order valence-corrected chi connectivity index (χ2v) is 8.52. The van der Waals surface area contributed by atoms with Gasteiger partial charge in [-0.25, -0.2) is 0 Å². The zero-order valence-corrected chi connectivity index (χ0v) is 18.6. The highest BCUT2D eigenvalue weighted by atomic mass is 32.1. The third-order valence-corrected chi connectivity index (χ3v) is 6.14. The summed E-state index contributed by atoms with van der Waals surface area (Å²) < 4.78 is 5.77. The summed E-state index contributed by atoms with van der Waals surface area (Å²) >= 11 is 1.70. The average molecular weight is 430 g/mol. The molecule has 1 fully saturated rings. The number of hydrogen-bond acceptors (Lipinski definition) is 5. The summed E-state index contributed by atoms with van der Waals surface area (Å²) in [7, 11) is 0. The minimum atomic E-state index is -0.0626. The van der Waals surface area contributed by atoms with Crippen LogP contribution in [0.3, 0.4) is 0 Å². The van der Waals surface area contributed by atoms with E-state index in [-0.39, 0.29) is 17.9 Å². The van der Waals surface area contributed by atoms with Crippen LogP contribution in [0.15, 0.2) is 41.8 Å². The molecule has 162 valence electrons. The number of hydrogen-bond donors (Lipinski definition) is 1. The smallest absolute Gasteiger partial charge is 0.253 e. The molecule has 1 aliphatic heterocycles. The average Bonchev–Trinajstić information content (AvgIpc) is 3.43. The van der Waals surface area contributed by atoms with Crippen molar-refractivity contribution in [2.24, 2.45) is 0 Å². The maximum absolute atomic E-state index is 12.7. The molecule has 7 heteroatoms. The van der Waals surface area contributed by atoms with Gasteiger partial charge in [-0.05, 0) is 62.4 Å². The van der Waals surface area contributed by atoms with Gasteiger partial charge in [-0.1, -0.05) is 6.07 Å². The van der Waals surface area contributed by atoms with Crippen LogP contribution in [-0.2, 0) is 16.1 Å². The van der Waals surface area contributed by atoms with E-state index in [1.807, 2.05) is 19.9 Å². The Morgan fingerprint density at radius 1 is 1.17 bits per heavy atom. The van der Waals surface area contributed by atoms with E-state index < -0.39 is 0 Å². The lowest BCUT2D eigenvalue weighted by Crippen LogP contribution is -2.37. The van der Waals surface area contributed by atoms with E-state index in [9.17, 15) is 9.59 Å². The van der Waals surface area contributed by atoms with E-state index in [4.69, 9.17) is 4.74 Å². The van der Waals surface area contributed by atoms with Gasteiger partial charge < -0.3 is 15.0 Å². The van der Waals surface area contributed by atoms with Crippen LogP contribution in [0.4, 0.5) is 5.69 Å². The molecule has 1 aromatic carbocycles. The van der Waals surface area contributed by atoms with Crippen LogP contribution in [0.2, 0.25) is 0 Å². The fourth-order valence-electron chi connectivity index (χ4n) is 3.68. The van der Waals surface area contributed by atoms with Gasteiger partial charge in [0, 0.05) is 48.9 Å². The monoisotopic (exact) mass is 429 g/mol. The van der Waals surface area contributed by atoms with Crippen molar-refractivity contribution < 1.29 is 14.3 Å². The molecule has 2 aromatic rings. The molecular weight excluding hydrogens is 398 g/mol. The topological polar surface area (TPSA) is 61.9 Å². The largest absolute Gasteiger partial charge is 0.377 e. The van der Waals surface area contributed by atoms with Crippen molar-refractivity contribution in [1.29, 1.82) is 0 Å². The third kappa shape index (κ3) is 6.39. The Bertz CT molecular complexity index is 798. The van der Waals surface area contributed by atoms with Crippen molar-refractivity contribution in [3.05, 3.63) is 52.2 Å². The van der Waals surface area contributed by atoms with E-state index in [0.29, 0.717) is 30.9 Å². The summed E-state index contributed by atoms with van der Waals surface area (Å²) in [5.41, 5.74) is 1.33. The molecule has 0 spiro atoms. The summed E-state index contributed by atoms with van der Waals surface area (Å²) in [4.78, 5) is 30.3. The SMILES string of the molecule is CCN(CC)C(=O)c1ccc(NC(=O)CN(Cc2cccs2)C[C@H]2CCCO2)cc1. The molecule has 6 nitrogen and oxygen atoms in total. The number of rotatable bonds is 10. The van der Waals surface area contributed by atoms with Gasteiger partial charge in [0.15, 0.2) is 0 Å². The molecule has 1 saturated heterocycles. The maximum atomic E-state index is 12.7. The van der Waals surface area contributed by atoms with E-state index in [1.165, 1.54) is 4.88 Å². The van der Waals surface area contributed by atoms with Gasteiger partial charge in [-0.3, -0.25) is 14.5 Å². The maximum Gasteiger partial charge on any atom is 0.253 e. The molecule has 0 unspecified atom stereocenters. The molecule has 1 aliphatic rings. The van der Waals surface area contributed by atoms with Crippen molar-refractivity contribution in [2.75, 3.05) is 38.1 Å². The first-order valence-corrected chi connectivity index (χ1v) is 11.5. The third-order valence-electron chi connectivity index (χ3n) is 5.28. The second kappa shape index (κ2) is 11.2. The van der Waals surface area contributed by atoms with Gasteiger partial charge in [-0.15, -0.1) is 11.3 Å². The molecule has 0 radical (unpaired) electrons. The van der Waals surface area contributed by atoms with Crippen molar-refractivity contribution in [1.82, 2.24) is 9.80 Å². The van der Waals surface area contributed by atoms with Crippen LogP contribution < -0.4 is 5.32 Å². The molecule has 1 atom stereocenters. The number of nitrogens with zero attached hydrogens (tertiary/aromatic N) is 2. The van der Waals surface area contributed by atoms with Gasteiger partial charge in [0.2, 0.25) is 5.91 Å².